The SMILES string of the molecule is CNC(=O)c1cccc(C)c1N1CCN(c2ccccc2C#N)CC1. The normalized spacial score (nSPS) is 14.1. The van der Waals surface area contributed by atoms with Crippen LogP contribution in [0, 0.1) is 18.3 Å². The Morgan fingerprint density at radius 3 is 2.40 bits per heavy atom. The van der Waals surface area contributed by atoms with Crippen molar-refractivity contribution in [3.8, 4) is 6.07 Å². The minimum Gasteiger partial charge on any atom is -0.367 e. The number of hydrogen-bond acceptors (Lipinski definition) is 4. The van der Waals surface area contributed by atoms with Crippen molar-refractivity contribution in [3.05, 3.63) is 59.2 Å². The van der Waals surface area contributed by atoms with Crippen molar-refractivity contribution in [1.29, 1.82) is 5.26 Å². The van der Waals surface area contributed by atoms with Gasteiger partial charge in [-0.1, -0.05) is 24.3 Å². The van der Waals surface area contributed by atoms with Crippen molar-refractivity contribution < 1.29 is 4.79 Å². The molecule has 1 amide bonds. The van der Waals surface area contributed by atoms with Crippen molar-refractivity contribution >= 4 is 17.3 Å². The molecule has 3 rings (SSSR count). The van der Waals surface area contributed by atoms with E-state index in [1.165, 1.54) is 0 Å². The van der Waals surface area contributed by atoms with Crippen LogP contribution in [0.15, 0.2) is 42.5 Å². The number of nitriles is 1. The average Bonchev–Trinajstić information content (AvgIpc) is 2.67. The van der Waals surface area contributed by atoms with E-state index in [9.17, 15) is 10.1 Å². The third-order valence-corrected chi connectivity index (χ3v) is 4.67. The van der Waals surface area contributed by atoms with E-state index in [4.69, 9.17) is 0 Å². The van der Waals surface area contributed by atoms with E-state index >= 15 is 0 Å². The first-order valence-corrected chi connectivity index (χ1v) is 8.46. The van der Waals surface area contributed by atoms with Gasteiger partial charge in [-0.3, -0.25) is 4.79 Å². The average molecular weight is 334 g/mol. The van der Waals surface area contributed by atoms with Crippen molar-refractivity contribution in [1.82, 2.24) is 5.32 Å². The number of carbonyl (C=O) groups is 1. The minimum absolute atomic E-state index is 0.0593. The zero-order valence-corrected chi connectivity index (χ0v) is 14.6. The zero-order valence-electron chi connectivity index (χ0n) is 14.6. The fourth-order valence-electron chi connectivity index (χ4n) is 3.41. The number of amides is 1. The second kappa shape index (κ2) is 7.27. The van der Waals surface area contributed by atoms with Crippen LogP contribution in [0.4, 0.5) is 11.4 Å². The molecule has 0 saturated carbocycles. The Kier molecular flexibility index (Phi) is 4.90. The van der Waals surface area contributed by atoms with Gasteiger partial charge in [0.05, 0.1) is 22.5 Å². The molecule has 128 valence electrons. The summed E-state index contributed by atoms with van der Waals surface area (Å²) >= 11 is 0. The quantitative estimate of drug-likeness (QED) is 0.937. The van der Waals surface area contributed by atoms with E-state index in [1.807, 2.05) is 49.4 Å². The van der Waals surface area contributed by atoms with Crippen LogP contribution in [0.1, 0.15) is 21.5 Å². The number of nitrogens with zero attached hydrogens (tertiary/aromatic N) is 3. The Morgan fingerprint density at radius 1 is 1.04 bits per heavy atom. The molecule has 5 nitrogen and oxygen atoms in total. The first-order chi connectivity index (χ1) is 12.2. The number of hydrogen-bond donors (Lipinski definition) is 1. The van der Waals surface area contributed by atoms with Crippen LogP contribution in [0.25, 0.3) is 0 Å². The van der Waals surface area contributed by atoms with E-state index < -0.39 is 0 Å². The van der Waals surface area contributed by atoms with Gasteiger partial charge in [-0.15, -0.1) is 0 Å². The molecule has 1 N–H and O–H groups in total. The molecule has 0 aliphatic carbocycles. The Balaban J connectivity index is 1.82. The molecule has 0 radical (unpaired) electrons. The summed E-state index contributed by atoms with van der Waals surface area (Å²) in [6.45, 7) is 5.31. The Bertz CT molecular complexity index is 817. The third kappa shape index (κ3) is 3.29. The molecule has 25 heavy (non-hydrogen) atoms. The molecule has 1 fully saturated rings. The van der Waals surface area contributed by atoms with Gasteiger partial charge in [0.2, 0.25) is 0 Å². The van der Waals surface area contributed by atoms with Crippen LogP contribution in [0.5, 0.6) is 0 Å². The van der Waals surface area contributed by atoms with Gasteiger partial charge in [0.25, 0.3) is 5.91 Å². The molecule has 1 aliphatic rings. The smallest absolute Gasteiger partial charge is 0.253 e. The maximum Gasteiger partial charge on any atom is 0.253 e. The summed E-state index contributed by atoms with van der Waals surface area (Å²) in [7, 11) is 1.66. The minimum atomic E-state index is -0.0593. The van der Waals surface area contributed by atoms with Gasteiger partial charge in [0.15, 0.2) is 0 Å². The lowest BCUT2D eigenvalue weighted by atomic mass is 10.0. The van der Waals surface area contributed by atoms with Crippen molar-refractivity contribution in [2.75, 3.05) is 43.0 Å². The van der Waals surface area contributed by atoms with E-state index in [0.717, 1.165) is 43.1 Å². The summed E-state index contributed by atoms with van der Waals surface area (Å²) in [6, 6.07) is 15.8. The number of carbonyl (C=O) groups excluding carboxylic acids is 1. The van der Waals surface area contributed by atoms with Crippen LogP contribution in [0.3, 0.4) is 0 Å². The van der Waals surface area contributed by atoms with Gasteiger partial charge in [0, 0.05) is 33.2 Å². The van der Waals surface area contributed by atoms with Gasteiger partial charge in [0.1, 0.15) is 6.07 Å². The highest BCUT2D eigenvalue weighted by molar-refractivity contribution is 6.00. The number of nitrogens with one attached hydrogen (secondary N) is 1. The van der Waals surface area contributed by atoms with Gasteiger partial charge in [-0.25, -0.2) is 0 Å². The molecular formula is C20H22N4O. The number of anilines is 2. The predicted octanol–water partition coefficient (Wildman–Crippen LogP) is 2.55. The standard InChI is InChI=1S/C20H22N4O/c1-15-6-5-8-17(20(25)22-2)19(15)24-12-10-23(11-13-24)18-9-4-3-7-16(18)14-21/h3-9H,10-13H2,1-2H3,(H,22,25). The highest BCUT2D eigenvalue weighted by Gasteiger charge is 2.23. The second-order valence-electron chi connectivity index (χ2n) is 6.15. The molecule has 5 heteroatoms. The lowest BCUT2D eigenvalue weighted by Crippen LogP contribution is -2.47. The largest absolute Gasteiger partial charge is 0.367 e. The predicted molar refractivity (Wildman–Crippen MR) is 100 cm³/mol. The van der Waals surface area contributed by atoms with E-state index in [2.05, 4.69) is 21.2 Å². The molecule has 1 aliphatic heterocycles. The maximum absolute atomic E-state index is 12.2. The topological polar surface area (TPSA) is 59.4 Å². The Morgan fingerprint density at radius 2 is 1.72 bits per heavy atom. The first-order valence-electron chi connectivity index (χ1n) is 8.46. The van der Waals surface area contributed by atoms with Crippen molar-refractivity contribution in [3.63, 3.8) is 0 Å². The van der Waals surface area contributed by atoms with Crippen LogP contribution in [0.2, 0.25) is 0 Å². The number of rotatable bonds is 3. The van der Waals surface area contributed by atoms with Crippen LogP contribution in [-0.4, -0.2) is 39.1 Å². The number of piperazine rings is 1. The summed E-state index contributed by atoms with van der Waals surface area (Å²) in [5, 5.41) is 12.0. The van der Waals surface area contributed by atoms with E-state index in [0.29, 0.717) is 11.1 Å². The number of para-hydroxylation sites is 2. The van der Waals surface area contributed by atoms with E-state index in [-0.39, 0.29) is 5.91 Å². The molecule has 1 heterocycles. The van der Waals surface area contributed by atoms with Crippen LogP contribution < -0.4 is 15.1 Å². The molecular weight excluding hydrogens is 312 g/mol. The fraction of sp³-hybridized carbons (Fsp3) is 0.300. The second-order valence-corrected chi connectivity index (χ2v) is 6.15. The lowest BCUT2D eigenvalue weighted by molar-refractivity contribution is 0.0963. The number of benzene rings is 2. The first kappa shape index (κ1) is 16.8. The zero-order chi connectivity index (χ0) is 17.8. The summed E-state index contributed by atoms with van der Waals surface area (Å²) in [4.78, 5) is 16.7. The molecule has 2 aromatic carbocycles. The fourth-order valence-corrected chi connectivity index (χ4v) is 3.41. The maximum atomic E-state index is 12.2. The number of aryl methyl sites for hydroxylation is 1. The van der Waals surface area contributed by atoms with Crippen molar-refractivity contribution in [2.45, 2.75) is 6.92 Å². The summed E-state index contributed by atoms with van der Waals surface area (Å²) in [6.07, 6.45) is 0. The van der Waals surface area contributed by atoms with E-state index in [1.54, 1.807) is 7.05 Å². The Hall–Kier alpha value is -3.00. The molecule has 2 aromatic rings. The molecule has 0 atom stereocenters. The molecule has 0 bridgehead atoms. The summed E-state index contributed by atoms with van der Waals surface area (Å²) in [5.74, 6) is -0.0593. The summed E-state index contributed by atoms with van der Waals surface area (Å²) in [5.41, 5.74) is 4.52. The van der Waals surface area contributed by atoms with Gasteiger partial charge < -0.3 is 15.1 Å². The lowest BCUT2D eigenvalue weighted by Gasteiger charge is -2.39. The molecule has 0 spiro atoms. The Labute approximate surface area is 148 Å². The highest BCUT2D eigenvalue weighted by atomic mass is 16.1. The van der Waals surface area contributed by atoms with Crippen LogP contribution >= 0.6 is 0 Å². The molecule has 0 aromatic heterocycles. The van der Waals surface area contributed by atoms with Crippen molar-refractivity contribution in [2.24, 2.45) is 0 Å². The molecule has 0 unspecified atom stereocenters. The third-order valence-electron chi connectivity index (χ3n) is 4.67. The van der Waals surface area contributed by atoms with Gasteiger partial charge in [-0.05, 0) is 30.7 Å². The van der Waals surface area contributed by atoms with Crippen LogP contribution in [-0.2, 0) is 0 Å². The van der Waals surface area contributed by atoms with Gasteiger partial charge >= 0.3 is 0 Å². The monoisotopic (exact) mass is 334 g/mol. The highest BCUT2D eigenvalue weighted by Crippen LogP contribution is 2.28. The summed E-state index contributed by atoms with van der Waals surface area (Å²) < 4.78 is 0. The molecule has 1 saturated heterocycles. The van der Waals surface area contributed by atoms with Gasteiger partial charge in [-0.2, -0.15) is 5.26 Å².